The first kappa shape index (κ1) is 11.1. The number of nitrogens with zero attached hydrogens (tertiary/aromatic N) is 3. The van der Waals surface area contributed by atoms with Crippen molar-refractivity contribution in [3.05, 3.63) is 5.82 Å². The van der Waals surface area contributed by atoms with Crippen molar-refractivity contribution in [2.24, 2.45) is 5.92 Å². The zero-order chi connectivity index (χ0) is 11.8. The van der Waals surface area contributed by atoms with Gasteiger partial charge in [0.05, 0.1) is 6.04 Å². The van der Waals surface area contributed by atoms with Crippen molar-refractivity contribution in [2.75, 3.05) is 11.9 Å². The van der Waals surface area contributed by atoms with E-state index < -0.39 is 0 Å². The summed E-state index contributed by atoms with van der Waals surface area (Å²) in [6, 6.07) is 0.591. The summed E-state index contributed by atoms with van der Waals surface area (Å²) in [5, 5.41) is 8.10. The molecule has 0 saturated heterocycles. The fourth-order valence-corrected chi connectivity index (χ4v) is 3.17. The van der Waals surface area contributed by atoms with Crippen LogP contribution in [0.3, 0.4) is 0 Å². The highest BCUT2D eigenvalue weighted by molar-refractivity contribution is 5.29. The van der Waals surface area contributed by atoms with Gasteiger partial charge in [-0.05, 0) is 25.2 Å². The van der Waals surface area contributed by atoms with E-state index in [1.165, 1.54) is 32.1 Å². The van der Waals surface area contributed by atoms with Crippen molar-refractivity contribution < 1.29 is 0 Å². The Bertz CT molecular complexity index is 390. The van der Waals surface area contributed by atoms with Gasteiger partial charge >= 0.3 is 0 Å². The number of hydrogen-bond donors (Lipinski definition) is 1. The fourth-order valence-electron chi connectivity index (χ4n) is 3.17. The second-order valence-corrected chi connectivity index (χ2v) is 5.72. The first-order chi connectivity index (χ1) is 8.25. The molecule has 1 atom stereocenters. The minimum absolute atomic E-state index is 0.416. The second kappa shape index (κ2) is 4.31. The summed E-state index contributed by atoms with van der Waals surface area (Å²) >= 11 is 0. The van der Waals surface area contributed by atoms with Crippen molar-refractivity contribution in [3.63, 3.8) is 0 Å². The first-order valence-corrected chi connectivity index (χ1v) is 6.96. The van der Waals surface area contributed by atoms with Crippen LogP contribution in [0.15, 0.2) is 0 Å². The molecular formula is C13H22N4. The summed E-state index contributed by atoms with van der Waals surface area (Å²) in [5.41, 5.74) is 0. The van der Waals surface area contributed by atoms with Gasteiger partial charge in [0.25, 0.3) is 0 Å². The van der Waals surface area contributed by atoms with Crippen LogP contribution in [0.4, 0.5) is 5.95 Å². The third kappa shape index (κ3) is 1.94. The molecule has 1 aromatic rings. The molecule has 1 aliphatic heterocycles. The minimum atomic E-state index is 0.416. The number of anilines is 1. The Morgan fingerprint density at radius 2 is 2.00 bits per heavy atom. The van der Waals surface area contributed by atoms with Crippen molar-refractivity contribution >= 4 is 5.95 Å². The molecule has 1 unspecified atom stereocenters. The van der Waals surface area contributed by atoms with E-state index in [4.69, 9.17) is 5.10 Å². The van der Waals surface area contributed by atoms with Crippen LogP contribution in [-0.4, -0.2) is 21.3 Å². The van der Waals surface area contributed by atoms with Crippen LogP contribution in [0, 0.1) is 5.92 Å². The van der Waals surface area contributed by atoms with Gasteiger partial charge in [0.2, 0.25) is 5.95 Å². The lowest BCUT2D eigenvalue weighted by molar-refractivity contribution is 0.288. The Labute approximate surface area is 103 Å². The summed E-state index contributed by atoms with van der Waals surface area (Å²) < 4.78 is 2.18. The lowest BCUT2D eigenvalue weighted by atomic mass is 9.95. The Balaban J connectivity index is 1.89. The third-order valence-corrected chi connectivity index (χ3v) is 4.15. The number of fused-ring (bicyclic) bond motifs is 1. The van der Waals surface area contributed by atoms with Gasteiger partial charge in [0.15, 0.2) is 5.82 Å². The Morgan fingerprint density at radius 3 is 2.71 bits per heavy atom. The van der Waals surface area contributed by atoms with Crippen LogP contribution >= 0.6 is 0 Å². The number of rotatable bonds is 2. The van der Waals surface area contributed by atoms with Gasteiger partial charge in [-0.3, -0.25) is 0 Å². The lowest BCUT2D eigenvalue weighted by Crippen LogP contribution is -2.28. The molecule has 2 heterocycles. The average molecular weight is 234 g/mol. The Kier molecular flexibility index (Phi) is 2.81. The van der Waals surface area contributed by atoms with Crippen molar-refractivity contribution in [1.82, 2.24) is 14.8 Å². The molecule has 1 fully saturated rings. The van der Waals surface area contributed by atoms with E-state index in [0.717, 1.165) is 24.2 Å². The highest BCUT2D eigenvalue weighted by Gasteiger charge is 2.31. The van der Waals surface area contributed by atoms with Gasteiger partial charge in [-0.2, -0.15) is 10.1 Å². The molecule has 3 rings (SSSR count). The summed E-state index contributed by atoms with van der Waals surface area (Å²) in [5.74, 6) is 3.23. The first-order valence-electron chi connectivity index (χ1n) is 6.96. The molecule has 94 valence electrons. The van der Waals surface area contributed by atoms with Crippen molar-refractivity contribution in [2.45, 2.75) is 57.9 Å². The zero-order valence-electron chi connectivity index (χ0n) is 10.8. The SMILES string of the molecule is CC(C)c1nc2n(n1)C(C1CCCC1)CCN2. The van der Waals surface area contributed by atoms with Gasteiger partial charge in [0.1, 0.15) is 0 Å². The third-order valence-electron chi connectivity index (χ3n) is 4.15. The molecule has 4 heteroatoms. The van der Waals surface area contributed by atoms with Gasteiger partial charge in [-0.1, -0.05) is 26.7 Å². The standard InChI is InChI=1S/C13H22N4/c1-9(2)12-15-13-14-8-7-11(17(13)16-12)10-5-3-4-6-10/h9-11H,3-8H2,1-2H3,(H,14,15,16). The molecule has 1 aliphatic carbocycles. The Hall–Kier alpha value is -1.06. The molecular weight excluding hydrogens is 212 g/mol. The number of nitrogens with one attached hydrogen (secondary N) is 1. The average Bonchev–Trinajstić information content (AvgIpc) is 2.97. The summed E-state index contributed by atoms with van der Waals surface area (Å²) in [4.78, 5) is 4.61. The molecule has 1 saturated carbocycles. The minimum Gasteiger partial charge on any atom is -0.354 e. The smallest absolute Gasteiger partial charge is 0.221 e. The number of aromatic nitrogens is 3. The maximum atomic E-state index is 4.72. The van der Waals surface area contributed by atoms with E-state index >= 15 is 0 Å². The van der Waals surface area contributed by atoms with E-state index in [9.17, 15) is 0 Å². The fraction of sp³-hybridized carbons (Fsp3) is 0.846. The highest BCUT2D eigenvalue weighted by atomic mass is 15.4. The Morgan fingerprint density at radius 1 is 1.24 bits per heavy atom. The van der Waals surface area contributed by atoms with Crippen LogP contribution in [-0.2, 0) is 0 Å². The summed E-state index contributed by atoms with van der Waals surface area (Å²) in [7, 11) is 0. The summed E-state index contributed by atoms with van der Waals surface area (Å²) in [6.45, 7) is 5.37. The van der Waals surface area contributed by atoms with Crippen LogP contribution < -0.4 is 5.32 Å². The van der Waals surface area contributed by atoms with E-state index in [2.05, 4.69) is 28.8 Å². The largest absolute Gasteiger partial charge is 0.354 e. The normalized spacial score (nSPS) is 25.0. The van der Waals surface area contributed by atoms with Crippen LogP contribution in [0.1, 0.15) is 63.7 Å². The quantitative estimate of drug-likeness (QED) is 0.855. The molecule has 17 heavy (non-hydrogen) atoms. The molecule has 4 nitrogen and oxygen atoms in total. The number of hydrogen-bond acceptors (Lipinski definition) is 3. The molecule has 1 aromatic heterocycles. The topological polar surface area (TPSA) is 42.7 Å². The zero-order valence-corrected chi connectivity index (χ0v) is 10.8. The predicted molar refractivity (Wildman–Crippen MR) is 68.2 cm³/mol. The molecule has 2 aliphatic rings. The van der Waals surface area contributed by atoms with E-state index in [1.807, 2.05) is 0 Å². The molecule has 0 bridgehead atoms. The summed E-state index contributed by atoms with van der Waals surface area (Å²) in [6.07, 6.45) is 6.76. The van der Waals surface area contributed by atoms with Crippen molar-refractivity contribution in [3.8, 4) is 0 Å². The molecule has 0 radical (unpaired) electrons. The van der Waals surface area contributed by atoms with E-state index in [-0.39, 0.29) is 0 Å². The van der Waals surface area contributed by atoms with Crippen LogP contribution in [0.5, 0.6) is 0 Å². The van der Waals surface area contributed by atoms with Crippen LogP contribution in [0.25, 0.3) is 0 Å². The predicted octanol–water partition coefficient (Wildman–Crippen LogP) is 2.95. The van der Waals surface area contributed by atoms with Crippen LogP contribution in [0.2, 0.25) is 0 Å². The van der Waals surface area contributed by atoms with Gasteiger partial charge in [-0.25, -0.2) is 4.68 Å². The molecule has 0 amide bonds. The van der Waals surface area contributed by atoms with Gasteiger partial charge < -0.3 is 5.32 Å². The maximum Gasteiger partial charge on any atom is 0.221 e. The molecule has 1 N–H and O–H groups in total. The van der Waals surface area contributed by atoms with E-state index in [1.54, 1.807) is 0 Å². The van der Waals surface area contributed by atoms with Crippen molar-refractivity contribution in [1.29, 1.82) is 0 Å². The van der Waals surface area contributed by atoms with Gasteiger partial charge in [-0.15, -0.1) is 0 Å². The second-order valence-electron chi connectivity index (χ2n) is 5.72. The van der Waals surface area contributed by atoms with E-state index in [0.29, 0.717) is 12.0 Å². The highest BCUT2D eigenvalue weighted by Crippen LogP contribution is 2.38. The monoisotopic (exact) mass is 234 g/mol. The van der Waals surface area contributed by atoms with Gasteiger partial charge in [0, 0.05) is 12.5 Å². The molecule has 0 spiro atoms. The lowest BCUT2D eigenvalue weighted by Gasteiger charge is -2.28. The maximum absolute atomic E-state index is 4.72. The molecule has 0 aromatic carbocycles.